The summed E-state index contributed by atoms with van der Waals surface area (Å²) in [5, 5.41) is 5.98. The van der Waals surface area contributed by atoms with E-state index < -0.39 is 0 Å². The molecule has 1 amide bonds. The number of benzene rings is 2. The van der Waals surface area contributed by atoms with E-state index in [9.17, 15) is 9.18 Å². The monoisotopic (exact) mass is 272 g/mol. The van der Waals surface area contributed by atoms with Crippen LogP contribution >= 0.6 is 0 Å². The van der Waals surface area contributed by atoms with Crippen LogP contribution in [0.4, 0.5) is 15.8 Å². The molecule has 0 aromatic heterocycles. The molecular weight excluding hydrogens is 255 g/mol. The average Bonchev–Trinajstić information content (AvgIpc) is 2.41. The Morgan fingerprint density at radius 2 is 1.70 bits per heavy atom. The minimum atomic E-state index is -0.290. The number of anilines is 2. The van der Waals surface area contributed by atoms with Crippen LogP contribution in [0.25, 0.3) is 0 Å². The topological polar surface area (TPSA) is 41.1 Å². The molecule has 0 saturated heterocycles. The highest BCUT2D eigenvalue weighted by Crippen LogP contribution is 2.21. The van der Waals surface area contributed by atoms with Gasteiger partial charge in [-0.1, -0.05) is 12.1 Å². The number of rotatable bonds is 4. The van der Waals surface area contributed by atoms with Gasteiger partial charge in [0.1, 0.15) is 5.82 Å². The van der Waals surface area contributed by atoms with Crippen LogP contribution in [0.5, 0.6) is 0 Å². The summed E-state index contributed by atoms with van der Waals surface area (Å²) in [5.74, 6) is -0.424. The summed E-state index contributed by atoms with van der Waals surface area (Å²) in [5.41, 5.74) is 1.99. The molecule has 2 rings (SSSR count). The van der Waals surface area contributed by atoms with Crippen LogP contribution < -0.4 is 10.6 Å². The molecule has 0 bridgehead atoms. The fourth-order valence-corrected chi connectivity index (χ4v) is 1.82. The lowest BCUT2D eigenvalue weighted by Crippen LogP contribution is -2.30. The average molecular weight is 272 g/mol. The Morgan fingerprint density at radius 1 is 1.05 bits per heavy atom. The summed E-state index contributed by atoms with van der Waals surface area (Å²) in [6.07, 6.45) is 0. The summed E-state index contributed by atoms with van der Waals surface area (Å²) in [6.45, 7) is 3.82. The Hall–Kier alpha value is -2.36. The Labute approximate surface area is 117 Å². The van der Waals surface area contributed by atoms with Gasteiger partial charge in [-0.05, 0) is 50.2 Å². The van der Waals surface area contributed by atoms with Crippen LogP contribution in [0.15, 0.2) is 48.5 Å². The molecule has 0 unspecified atom stereocenters. The number of carbonyl (C=O) groups excluding carboxylic acids is 1. The van der Waals surface area contributed by atoms with Crippen LogP contribution in [0, 0.1) is 5.82 Å². The maximum atomic E-state index is 12.9. The first-order valence-electron chi connectivity index (χ1n) is 6.49. The molecule has 0 aliphatic heterocycles. The number of para-hydroxylation sites is 1. The van der Waals surface area contributed by atoms with Crippen LogP contribution in [0.3, 0.4) is 0 Å². The Morgan fingerprint density at radius 3 is 2.35 bits per heavy atom. The second-order valence-electron chi connectivity index (χ2n) is 4.81. The molecule has 2 aromatic rings. The van der Waals surface area contributed by atoms with Gasteiger partial charge < -0.3 is 10.6 Å². The highest BCUT2D eigenvalue weighted by Gasteiger charge is 2.11. The molecule has 4 heteroatoms. The highest BCUT2D eigenvalue weighted by atomic mass is 19.1. The van der Waals surface area contributed by atoms with Crippen molar-refractivity contribution < 1.29 is 9.18 Å². The van der Waals surface area contributed by atoms with Crippen LogP contribution in [0.1, 0.15) is 24.2 Å². The van der Waals surface area contributed by atoms with E-state index >= 15 is 0 Å². The van der Waals surface area contributed by atoms with Gasteiger partial charge in [0.2, 0.25) is 0 Å². The summed E-state index contributed by atoms with van der Waals surface area (Å²) in [6, 6.07) is 13.3. The lowest BCUT2D eigenvalue weighted by Gasteiger charge is -2.13. The van der Waals surface area contributed by atoms with Crippen molar-refractivity contribution in [2.24, 2.45) is 0 Å². The number of amides is 1. The number of hydrogen-bond donors (Lipinski definition) is 2. The first kappa shape index (κ1) is 14.1. The smallest absolute Gasteiger partial charge is 0.253 e. The number of hydrogen-bond acceptors (Lipinski definition) is 2. The molecule has 0 spiro atoms. The van der Waals surface area contributed by atoms with E-state index in [2.05, 4.69) is 10.6 Å². The van der Waals surface area contributed by atoms with E-state index in [1.165, 1.54) is 12.1 Å². The van der Waals surface area contributed by atoms with Crippen molar-refractivity contribution in [2.45, 2.75) is 19.9 Å². The lowest BCUT2D eigenvalue weighted by molar-refractivity contribution is 0.0944. The zero-order chi connectivity index (χ0) is 14.5. The largest absolute Gasteiger partial charge is 0.355 e. The van der Waals surface area contributed by atoms with Crippen LogP contribution in [-0.2, 0) is 0 Å². The summed E-state index contributed by atoms with van der Waals surface area (Å²) in [7, 11) is 0. The van der Waals surface area contributed by atoms with Gasteiger partial charge in [0.15, 0.2) is 0 Å². The minimum Gasteiger partial charge on any atom is -0.355 e. The van der Waals surface area contributed by atoms with Gasteiger partial charge in [0.25, 0.3) is 5.91 Å². The third-order valence-corrected chi connectivity index (χ3v) is 2.71. The van der Waals surface area contributed by atoms with E-state index in [4.69, 9.17) is 0 Å². The second-order valence-corrected chi connectivity index (χ2v) is 4.81. The van der Waals surface area contributed by atoms with Gasteiger partial charge in [0, 0.05) is 11.7 Å². The third-order valence-electron chi connectivity index (χ3n) is 2.71. The van der Waals surface area contributed by atoms with Gasteiger partial charge in [-0.15, -0.1) is 0 Å². The summed E-state index contributed by atoms with van der Waals surface area (Å²) < 4.78 is 12.9. The van der Waals surface area contributed by atoms with Gasteiger partial charge in [-0.3, -0.25) is 4.79 Å². The fourth-order valence-electron chi connectivity index (χ4n) is 1.82. The molecule has 3 nitrogen and oxygen atoms in total. The van der Waals surface area contributed by atoms with Crippen molar-refractivity contribution >= 4 is 17.3 Å². The highest BCUT2D eigenvalue weighted by molar-refractivity contribution is 6.00. The van der Waals surface area contributed by atoms with E-state index in [-0.39, 0.29) is 17.8 Å². The number of nitrogens with one attached hydrogen (secondary N) is 2. The summed E-state index contributed by atoms with van der Waals surface area (Å²) >= 11 is 0. The molecular formula is C16H17FN2O. The SMILES string of the molecule is CC(C)NC(=O)c1ccccc1Nc1ccc(F)cc1. The standard InChI is InChI=1S/C16H17FN2O/c1-11(2)18-16(20)14-5-3-4-6-15(14)19-13-9-7-12(17)8-10-13/h3-11,19H,1-2H3,(H,18,20). The van der Waals surface area contributed by atoms with Gasteiger partial charge in [-0.2, -0.15) is 0 Å². The normalized spacial score (nSPS) is 10.4. The van der Waals surface area contributed by atoms with Gasteiger partial charge in [0.05, 0.1) is 11.3 Å². The Bertz CT molecular complexity index is 594. The minimum absolute atomic E-state index is 0.0707. The fraction of sp³-hybridized carbons (Fsp3) is 0.188. The molecule has 0 heterocycles. The predicted molar refractivity (Wildman–Crippen MR) is 78.7 cm³/mol. The molecule has 0 radical (unpaired) electrons. The Kier molecular flexibility index (Phi) is 4.35. The molecule has 0 aliphatic carbocycles. The molecule has 0 saturated carbocycles. The molecule has 0 fully saturated rings. The zero-order valence-corrected chi connectivity index (χ0v) is 11.5. The van der Waals surface area contributed by atoms with Gasteiger partial charge >= 0.3 is 0 Å². The van der Waals surface area contributed by atoms with Crippen molar-refractivity contribution in [1.82, 2.24) is 5.32 Å². The number of carbonyl (C=O) groups is 1. The maximum absolute atomic E-state index is 12.9. The third kappa shape index (κ3) is 3.57. The van der Waals surface area contributed by atoms with E-state index in [1.54, 1.807) is 18.2 Å². The van der Waals surface area contributed by atoms with Crippen molar-refractivity contribution in [3.8, 4) is 0 Å². The lowest BCUT2D eigenvalue weighted by atomic mass is 10.1. The molecule has 2 aromatic carbocycles. The van der Waals surface area contributed by atoms with Crippen LogP contribution in [-0.4, -0.2) is 11.9 Å². The zero-order valence-electron chi connectivity index (χ0n) is 11.5. The van der Waals surface area contributed by atoms with E-state index in [1.807, 2.05) is 32.0 Å². The molecule has 0 atom stereocenters. The summed E-state index contributed by atoms with van der Waals surface area (Å²) in [4.78, 5) is 12.1. The van der Waals surface area contributed by atoms with Crippen molar-refractivity contribution in [1.29, 1.82) is 0 Å². The molecule has 0 aliphatic rings. The van der Waals surface area contributed by atoms with E-state index in [0.717, 1.165) is 5.69 Å². The molecule has 2 N–H and O–H groups in total. The molecule has 20 heavy (non-hydrogen) atoms. The van der Waals surface area contributed by atoms with Gasteiger partial charge in [-0.25, -0.2) is 4.39 Å². The predicted octanol–water partition coefficient (Wildman–Crippen LogP) is 3.71. The first-order valence-corrected chi connectivity index (χ1v) is 6.49. The Balaban J connectivity index is 2.23. The van der Waals surface area contributed by atoms with E-state index in [0.29, 0.717) is 11.3 Å². The van der Waals surface area contributed by atoms with Crippen molar-refractivity contribution in [3.05, 3.63) is 59.9 Å². The maximum Gasteiger partial charge on any atom is 0.253 e. The quantitative estimate of drug-likeness (QED) is 0.891. The molecule has 104 valence electrons. The second kappa shape index (κ2) is 6.19. The number of halogens is 1. The van der Waals surface area contributed by atoms with Crippen LogP contribution in [0.2, 0.25) is 0 Å². The van der Waals surface area contributed by atoms with Crippen molar-refractivity contribution in [3.63, 3.8) is 0 Å². The van der Waals surface area contributed by atoms with Crippen molar-refractivity contribution in [2.75, 3.05) is 5.32 Å². The first-order chi connectivity index (χ1) is 9.56.